The molecule has 0 spiro atoms. The lowest BCUT2D eigenvalue weighted by molar-refractivity contribution is 0.518. The van der Waals surface area contributed by atoms with E-state index in [1.807, 2.05) is 0 Å². The summed E-state index contributed by atoms with van der Waals surface area (Å²) in [4.78, 5) is 2.42. The number of hydrogen-bond donors (Lipinski definition) is 1. The molecule has 2 heteroatoms. The molecule has 1 aromatic rings. The lowest BCUT2D eigenvalue weighted by atomic mass is 10.0. The minimum absolute atomic E-state index is 0.489. The Bertz CT molecular complexity index is 343. The van der Waals surface area contributed by atoms with Crippen LogP contribution < -0.4 is 10.2 Å². The Hall–Kier alpha value is -1.02. The van der Waals surface area contributed by atoms with Crippen LogP contribution in [0, 0.1) is 0 Å². The average molecular weight is 262 g/mol. The average Bonchev–Trinajstić information content (AvgIpc) is 2.41. The molecule has 0 amide bonds. The molecule has 0 heterocycles. The summed E-state index contributed by atoms with van der Waals surface area (Å²) in [5.41, 5.74) is 2.73. The minimum Gasteiger partial charge on any atom is -0.369 e. The van der Waals surface area contributed by atoms with Gasteiger partial charge < -0.3 is 10.2 Å². The molecule has 0 saturated heterocycles. The fourth-order valence-corrected chi connectivity index (χ4v) is 2.56. The molecule has 1 atom stereocenters. The number of rotatable bonds is 8. The monoisotopic (exact) mass is 262 g/mol. The van der Waals surface area contributed by atoms with E-state index >= 15 is 0 Å². The zero-order valence-corrected chi connectivity index (χ0v) is 13.2. The van der Waals surface area contributed by atoms with Crippen LogP contribution in [0.2, 0.25) is 0 Å². The molecule has 0 saturated carbocycles. The Kier molecular flexibility index (Phi) is 6.93. The van der Waals surface area contributed by atoms with E-state index in [1.165, 1.54) is 17.7 Å². The molecule has 19 heavy (non-hydrogen) atoms. The molecule has 1 unspecified atom stereocenters. The van der Waals surface area contributed by atoms with Gasteiger partial charge in [0, 0.05) is 24.3 Å². The number of anilines is 1. The second-order valence-corrected chi connectivity index (χ2v) is 5.39. The summed E-state index contributed by atoms with van der Waals surface area (Å²) >= 11 is 0. The standard InChI is InChI=1S/C17H30N2/c1-6-13-18-17(7-2)15-9-11-16(12-10-15)19(8-3)14(4)5/h9-12,14,17-18H,6-8,13H2,1-5H3. The summed E-state index contributed by atoms with van der Waals surface area (Å²) in [5.74, 6) is 0. The van der Waals surface area contributed by atoms with Crippen LogP contribution in [0.4, 0.5) is 5.69 Å². The van der Waals surface area contributed by atoms with Crippen LogP contribution in [-0.4, -0.2) is 19.1 Å². The second kappa shape index (κ2) is 8.21. The highest BCUT2D eigenvalue weighted by Gasteiger charge is 2.11. The number of nitrogens with one attached hydrogen (secondary N) is 1. The van der Waals surface area contributed by atoms with Crippen LogP contribution in [0.5, 0.6) is 0 Å². The summed E-state index contributed by atoms with van der Waals surface area (Å²) in [7, 11) is 0. The van der Waals surface area contributed by atoms with Crippen molar-refractivity contribution in [3.63, 3.8) is 0 Å². The van der Waals surface area contributed by atoms with Gasteiger partial charge in [-0.3, -0.25) is 0 Å². The maximum Gasteiger partial charge on any atom is 0.0368 e. The lowest BCUT2D eigenvalue weighted by Gasteiger charge is -2.28. The van der Waals surface area contributed by atoms with Crippen LogP contribution in [0.1, 0.15) is 59.1 Å². The summed E-state index contributed by atoms with van der Waals surface area (Å²) in [6, 6.07) is 10.1. The van der Waals surface area contributed by atoms with Crippen LogP contribution in [0.25, 0.3) is 0 Å². The van der Waals surface area contributed by atoms with Crippen molar-refractivity contribution in [2.24, 2.45) is 0 Å². The first-order valence-electron chi connectivity index (χ1n) is 7.73. The van der Waals surface area contributed by atoms with Crippen molar-refractivity contribution in [2.75, 3.05) is 18.0 Å². The zero-order chi connectivity index (χ0) is 14.3. The minimum atomic E-state index is 0.489. The summed E-state index contributed by atoms with van der Waals surface area (Å²) in [6.45, 7) is 13.3. The smallest absolute Gasteiger partial charge is 0.0368 e. The molecule has 1 N–H and O–H groups in total. The Balaban J connectivity index is 2.79. The van der Waals surface area contributed by atoms with Crippen molar-refractivity contribution in [3.05, 3.63) is 29.8 Å². The fourth-order valence-electron chi connectivity index (χ4n) is 2.56. The fraction of sp³-hybridized carbons (Fsp3) is 0.647. The van der Waals surface area contributed by atoms with Crippen molar-refractivity contribution in [1.29, 1.82) is 0 Å². The zero-order valence-electron chi connectivity index (χ0n) is 13.2. The Morgan fingerprint density at radius 2 is 1.68 bits per heavy atom. The van der Waals surface area contributed by atoms with Gasteiger partial charge in [-0.15, -0.1) is 0 Å². The molecule has 0 fully saturated rings. The van der Waals surface area contributed by atoms with Crippen molar-refractivity contribution < 1.29 is 0 Å². The normalized spacial score (nSPS) is 12.7. The molecule has 2 nitrogen and oxygen atoms in total. The van der Waals surface area contributed by atoms with Crippen molar-refractivity contribution in [1.82, 2.24) is 5.32 Å². The van der Waals surface area contributed by atoms with Crippen molar-refractivity contribution in [2.45, 2.75) is 59.5 Å². The third kappa shape index (κ3) is 4.54. The van der Waals surface area contributed by atoms with E-state index in [0.29, 0.717) is 12.1 Å². The van der Waals surface area contributed by atoms with Gasteiger partial charge in [0.05, 0.1) is 0 Å². The molecular weight excluding hydrogens is 232 g/mol. The van der Waals surface area contributed by atoms with E-state index in [1.54, 1.807) is 0 Å². The lowest BCUT2D eigenvalue weighted by Crippen LogP contribution is -2.30. The third-order valence-electron chi connectivity index (χ3n) is 3.64. The highest BCUT2D eigenvalue weighted by atomic mass is 15.1. The molecule has 0 aliphatic rings. The summed E-state index contributed by atoms with van der Waals surface area (Å²) < 4.78 is 0. The van der Waals surface area contributed by atoms with Gasteiger partial charge in [-0.25, -0.2) is 0 Å². The molecule has 1 aromatic carbocycles. The first-order chi connectivity index (χ1) is 9.13. The predicted octanol–water partition coefficient (Wildman–Crippen LogP) is 4.37. The molecule has 0 bridgehead atoms. The molecule has 0 radical (unpaired) electrons. The first-order valence-corrected chi connectivity index (χ1v) is 7.73. The summed E-state index contributed by atoms with van der Waals surface area (Å²) in [6.07, 6.45) is 2.33. The van der Waals surface area contributed by atoms with Gasteiger partial charge in [0.1, 0.15) is 0 Å². The van der Waals surface area contributed by atoms with E-state index in [0.717, 1.165) is 19.5 Å². The third-order valence-corrected chi connectivity index (χ3v) is 3.64. The first kappa shape index (κ1) is 16.0. The number of hydrogen-bond acceptors (Lipinski definition) is 2. The Morgan fingerprint density at radius 1 is 1.05 bits per heavy atom. The highest BCUT2D eigenvalue weighted by Crippen LogP contribution is 2.22. The molecule has 1 rings (SSSR count). The Morgan fingerprint density at radius 3 is 2.11 bits per heavy atom. The Labute approximate surface area is 119 Å². The van der Waals surface area contributed by atoms with Crippen LogP contribution in [0.15, 0.2) is 24.3 Å². The molecule has 0 aliphatic carbocycles. The van der Waals surface area contributed by atoms with Gasteiger partial charge in [0.25, 0.3) is 0 Å². The van der Waals surface area contributed by atoms with Gasteiger partial charge in [0.15, 0.2) is 0 Å². The maximum absolute atomic E-state index is 3.61. The van der Waals surface area contributed by atoms with Crippen LogP contribution in [-0.2, 0) is 0 Å². The van der Waals surface area contributed by atoms with E-state index in [-0.39, 0.29) is 0 Å². The SMILES string of the molecule is CCCNC(CC)c1ccc(N(CC)C(C)C)cc1. The molecular formula is C17H30N2. The van der Waals surface area contributed by atoms with Gasteiger partial charge in [0.2, 0.25) is 0 Å². The van der Waals surface area contributed by atoms with Gasteiger partial charge in [-0.2, -0.15) is 0 Å². The van der Waals surface area contributed by atoms with Crippen molar-refractivity contribution in [3.8, 4) is 0 Å². The summed E-state index contributed by atoms with van der Waals surface area (Å²) in [5, 5.41) is 3.61. The maximum atomic E-state index is 3.61. The molecule has 0 aromatic heterocycles. The quantitative estimate of drug-likeness (QED) is 0.748. The molecule has 108 valence electrons. The topological polar surface area (TPSA) is 15.3 Å². The van der Waals surface area contributed by atoms with E-state index in [4.69, 9.17) is 0 Å². The van der Waals surface area contributed by atoms with E-state index in [9.17, 15) is 0 Å². The van der Waals surface area contributed by atoms with Gasteiger partial charge in [-0.05, 0) is 57.9 Å². The van der Waals surface area contributed by atoms with E-state index in [2.05, 4.69) is 69.1 Å². The second-order valence-electron chi connectivity index (χ2n) is 5.39. The number of nitrogens with zero attached hydrogens (tertiary/aromatic N) is 1. The van der Waals surface area contributed by atoms with Gasteiger partial charge >= 0.3 is 0 Å². The molecule has 0 aliphatic heterocycles. The number of benzene rings is 1. The largest absolute Gasteiger partial charge is 0.369 e. The van der Waals surface area contributed by atoms with Gasteiger partial charge in [-0.1, -0.05) is 26.0 Å². The van der Waals surface area contributed by atoms with Crippen LogP contribution in [0.3, 0.4) is 0 Å². The predicted molar refractivity (Wildman–Crippen MR) is 85.9 cm³/mol. The van der Waals surface area contributed by atoms with Crippen molar-refractivity contribution >= 4 is 5.69 Å². The van der Waals surface area contributed by atoms with E-state index < -0.39 is 0 Å². The van der Waals surface area contributed by atoms with Crippen LogP contribution >= 0.6 is 0 Å². The highest BCUT2D eigenvalue weighted by molar-refractivity contribution is 5.48.